The Labute approximate surface area is 83.5 Å². The van der Waals surface area contributed by atoms with Crippen LogP contribution in [0.5, 0.6) is 5.75 Å². The maximum absolute atomic E-state index is 9.62. The van der Waals surface area contributed by atoms with Crippen LogP contribution in [0.4, 0.5) is 0 Å². The van der Waals surface area contributed by atoms with E-state index in [2.05, 4.69) is 0 Å². The smallest absolute Gasteiger partial charge is 0.122 e. The minimum Gasteiger partial charge on any atom is -0.496 e. The first-order valence-corrected chi connectivity index (χ1v) is 4.80. The molecule has 0 spiro atoms. The maximum atomic E-state index is 9.62. The van der Waals surface area contributed by atoms with Gasteiger partial charge in [0.05, 0.1) is 13.2 Å². The zero-order valence-corrected chi connectivity index (χ0v) is 8.23. The van der Waals surface area contributed by atoms with Crippen LogP contribution in [0.3, 0.4) is 0 Å². The molecule has 0 amide bonds. The summed E-state index contributed by atoms with van der Waals surface area (Å²) >= 11 is 0. The number of ether oxygens (including phenoxy) is 1. The van der Waals surface area contributed by atoms with Crippen LogP contribution < -0.4 is 10.5 Å². The van der Waals surface area contributed by atoms with Crippen molar-refractivity contribution in [1.82, 2.24) is 0 Å². The van der Waals surface area contributed by atoms with Crippen molar-refractivity contribution in [2.45, 2.75) is 25.0 Å². The van der Waals surface area contributed by atoms with Crippen LogP contribution in [0.25, 0.3) is 0 Å². The molecule has 0 fully saturated rings. The number of aliphatic hydroxyl groups is 1. The summed E-state index contributed by atoms with van der Waals surface area (Å²) in [6.45, 7) is 0. The van der Waals surface area contributed by atoms with Gasteiger partial charge in [0.25, 0.3) is 0 Å². The van der Waals surface area contributed by atoms with Crippen LogP contribution >= 0.6 is 0 Å². The fourth-order valence-electron chi connectivity index (χ4n) is 1.97. The van der Waals surface area contributed by atoms with Gasteiger partial charge in [-0.15, -0.1) is 0 Å². The molecule has 0 unspecified atom stereocenters. The average Bonchev–Trinajstić information content (AvgIpc) is 2.19. The first-order valence-electron chi connectivity index (χ1n) is 4.80. The number of fused-ring (bicyclic) bond motifs is 1. The Bertz CT molecular complexity index is 338. The van der Waals surface area contributed by atoms with Crippen molar-refractivity contribution in [2.24, 2.45) is 5.73 Å². The summed E-state index contributed by atoms with van der Waals surface area (Å²) in [4.78, 5) is 0. The highest BCUT2D eigenvalue weighted by atomic mass is 16.5. The van der Waals surface area contributed by atoms with E-state index in [0.29, 0.717) is 12.8 Å². The van der Waals surface area contributed by atoms with Crippen molar-refractivity contribution >= 4 is 0 Å². The van der Waals surface area contributed by atoms with Crippen molar-refractivity contribution in [3.05, 3.63) is 29.3 Å². The second kappa shape index (κ2) is 3.59. The molecule has 14 heavy (non-hydrogen) atoms. The molecule has 2 rings (SSSR count). The topological polar surface area (TPSA) is 55.5 Å². The first-order chi connectivity index (χ1) is 6.72. The SMILES string of the molecule is COc1cccc2c1C[C@@H](N)[C@H](O)C2. The molecule has 3 heteroatoms. The molecule has 0 aromatic heterocycles. The molecule has 3 nitrogen and oxygen atoms in total. The van der Waals surface area contributed by atoms with Crippen molar-refractivity contribution in [3.63, 3.8) is 0 Å². The Morgan fingerprint density at radius 2 is 2.21 bits per heavy atom. The molecule has 1 aliphatic carbocycles. The monoisotopic (exact) mass is 193 g/mol. The van der Waals surface area contributed by atoms with Gasteiger partial charge in [-0.05, 0) is 23.6 Å². The van der Waals surface area contributed by atoms with Gasteiger partial charge in [0.2, 0.25) is 0 Å². The highest BCUT2D eigenvalue weighted by Gasteiger charge is 2.25. The number of benzene rings is 1. The largest absolute Gasteiger partial charge is 0.496 e. The van der Waals surface area contributed by atoms with E-state index in [4.69, 9.17) is 10.5 Å². The lowest BCUT2D eigenvalue weighted by molar-refractivity contribution is 0.136. The van der Waals surface area contributed by atoms with Gasteiger partial charge in [0.1, 0.15) is 5.75 Å². The van der Waals surface area contributed by atoms with Crippen LogP contribution in [0.2, 0.25) is 0 Å². The van der Waals surface area contributed by atoms with Gasteiger partial charge >= 0.3 is 0 Å². The molecule has 2 atom stereocenters. The van der Waals surface area contributed by atoms with Crippen molar-refractivity contribution < 1.29 is 9.84 Å². The van der Waals surface area contributed by atoms with Gasteiger partial charge in [-0.3, -0.25) is 0 Å². The summed E-state index contributed by atoms with van der Waals surface area (Å²) < 4.78 is 5.26. The Kier molecular flexibility index (Phi) is 2.44. The molecular weight excluding hydrogens is 178 g/mol. The molecule has 0 radical (unpaired) electrons. The number of hydrogen-bond acceptors (Lipinski definition) is 3. The minimum absolute atomic E-state index is 0.168. The fourth-order valence-corrected chi connectivity index (χ4v) is 1.97. The van der Waals surface area contributed by atoms with E-state index in [1.165, 1.54) is 0 Å². The summed E-state index contributed by atoms with van der Waals surface area (Å²) in [6, 6.07) is 5.73. The Morgan fingerprint density at radius 3 is 2.93 bits per heavy atom. The number of nitrogens with two attached hydrogens (primary N) is 1. The van der Waals surface area contributed by atoms with Crippen molar-refractivity contribution in [2.75, 3.05) is 7.11 Å². The third kappa shape index (κ3) is 1.49. The summed E-state index contributed by atoms with van der Waals surface area (Å²) in [5, 5.41) is 9.62. The van der Waals surface area contributed by atoms with Gasteiger partial charge < -0.3 is 15.6 Å². The number of methoxy groups -OCH3 is 1. The van der Waals surface area contributed by atoms with Crippen LogP contribution in [-0.4, -0.2) is 24.4 Å². The van der Waals surface area contributed by atoms with Crippen LogP contribution in [0.15, 0.2) is 18.2 Å². The highest BCUT2D eigenvalue weighted by molar-refractivity contribution is 5.43. The Balaban J connectivity index is 2.41. The zero-order valence-electron chi connectivity index (χ0n) is 8.23. The molecule has 3 N–H and O–H groups in total. The molecule has 1 aromatic carbocycles. The Hall–Kier alpha value is -1.06. The predicted octanol–water partition coefficient (Wildman–Crippen LogP) is 0.482. The quantitative estimate of drug-likeness (QED) is 0.682. The van der Waals surface area contributed by atoms with Gasteiger partial charge in [0, 0.05) is 12.5 Å². The Morgan fingerprint density at radius 1 is 1.43 bits per heavy atom. The van der Waals surface area contributed by atoms with E-state index < -0.39 is 6.10 Å². The molecule has 1 aliphatic rings. The van der Waals surface area contributed by atoms with Gasteiger partial charge in [-0.25, -0.2) is 0 Å². The third-order valence-electron chi connectivity index (χ3n) is 2.81. The second-order valence-corrected chi connectivity index (χ2v) is 3.74. The van der Waals surface area contributed by atoms with E-state index in [1.54, 1.807) is 7.11 Å². The lowest BCUT2D eigenvalue weighted by atomic mass is 9.86. The number of rotatable bonds is 1. The van der Waals surface area contributed by atoms with Crippen molar-refractivity contribution in [3.8, 4) is 5.75 Å². The van der Waals surface area contributed by atoms with Gasteiger partial charge in [0.15, 0.2) is 0 Å². The fraction of sp³-hybridized carbons (Fsp3) is 0.455. The van der Waals surface area contributed by atoms with Crippen LogP contribution in [0, 0.1) is 0 Å². The molecule has 76 valence electrons. The molecule has 1 aromatic rings. The third-order valence-corrected chi connectivity index (χ3v) is 2.81. The maximum Gasteiger partial charge on any atom is 0.122 e. The average molecular weight is 193 g/mol. The van der Waals surface area contributed by atoms with E-state index in [1.807, 2.05) is 18.2 Å². The second-order valence-electron chi connectivity index (χ2n) is 3.74. The lowest BCUT2D eigenvalue weighted by Crippen LogP contribution is -2.41. The van der Waals surface area contributed by atoms with E-state index in [-0.39, 0.29) is 6.04 Å². The lowest BCUT2D eigenvalue weighted by Gasteiger charge is -2.27. The van der Waals surface area contributed by atoms with Crippen LogP contribution in [-0.2, 0) is 12.8 Å². The van der Waals surface area contributed by atoms with Gasteiger partial charge in [-0.2, -0.15) is 0 Å². The number of aliphatic hydroxyl groups excluding tert-OH is 1. The molecule has 0 aliphatic heterocycles. The number of hydrogen-bond donors (Lipinski definition) is 2. The summed E-state index contributed by atoms with van der Waals surface area (Å²) in [5.41, 5.74) is 8.11. The molecule has 0 heterocycles. The summed E-state index contributed by atoms with van der Waals surface area (Å²) in [5.74, 6) is 0.879. The van der Waals surface area contributed by atoms with E-state index >= 15 is 0 Å². The normalized spacial score (nSPS) is 25.6. The van der Waals surface area contributed by atoms with E-state index in [0.717, 1.165) is 16.9 Å². The van der Waals surface area contributed by atoms with E-state index in [9.17, 15) is 5.11 Å². The minimum atomic E-state index is -0.422. The molecule has 0 saturated carbocycles. The molecular formula is C11H15NO2. The molecule has 0 bridgehead atoms. The standard InChI is InChI=1S/C11H15NO2/c1-14-11-4-2-3-7-5-10(13)9(12)6-8(7)11/h2-4,9-10,13H,5-6,12H2,1H3/t9-,10-/m1/s1. The summed E-state index contributed by atoms with van der Waals surface area (Å²) in [6.07, 6.45) is 0.906. The first kappa shape index (κ1) is 9.49. The zero-order chi connectivity index (χ0) is 10.1. The summed E-state index contributed by atoms with van der Waals surface area (Å²) in [7, 11) is 1.66. The molecule has 0 saturated heterocycles. The van der Waals surface area contributed by atoms with Crippen molar-refractivity contribution in [1.29, 1.82) is 0 Å². The highest BCUT2D eigenvalue weighted by Crippen LogP contribution is 2.28. The van der Waals surface area contributed by atoms with Gasteiger partial charge in [-0.1, -0.05) is 12.1 Å². The van der Waals surface area contributed by atoms with Crippen LogP contribution in [0.1, 0.15) is 11.1 Å². The predicted molar refractivity (Wildman–Crippen MR) is 54.4 cm³/mol.